The van der Waals surface area contributed by atoms with Gasteiger partial charge in [0.25, 0.3) is 12.3 Å². The summed E-state index contributed by atoms with van der Waals surface area (Å²) < 4.78 is 116. The first kappa shape index (κ1) is 32.5. The molecule has 0 atom stereocenters. The second-order valence-electron chi connectivity index (χ2n) is 9.05. The van der Waals surface area contributed by atoms with E-state index in [1.165, 1.54) is 6.07 Å². The number of nitrogens with one attached hydrogen (secondary N) is 1. The standard InChI is InChI=1S/C22H23F6N5O2.C2HF3O2/c23-12-1-2-17(14(24)9-12)35-13-3-6-32(7-4-13)21-20(29-10-18(25)26)30-15-5-8-33(11-16(15)31-21)22(34)19(27)28;3-2(4,5)1(6)7/h1-2,9,13,18-19H,3-8,10-11H2,(H,29,30);(H,6,7). The Kier molecular flexibility index (Phi) is 10.7. The molecular weight excluding hydrogens is 593 g/mol. The van der Waals surface area contributed by atoms with E-state index in [4.69, 9.17) is 14.6 Å². The SMILES string of the molecule is O=C(C(F)F)N1CCc2nc(NCC(F)F)c(N3CCC(Oc4ccc(F)cc4F)CC3)nc2C1.O=C(O)C(F)(F)F. The molecule has 0 spiro atoms. The molecule has 1 aromatic heterocycles. The summed E-state index contributed by atoms with van der Waals surface area (Å²) in [6, 6.07) is 3.04. The third-order valence-corrected chi connectivity index (χ3v) is 6.09. The van der Waals surface area contributed by atoms with Gasteiger partial charge in [0.15, 0.2) is 23.2 Å². The number of carbonyl (C=O) groups is 2. The quantitative estimate of drug-likeness (QED) is 0.444. The Balaban J connectivity index is 0.000000616. The third kappa shape index (κ3) is 8.75. The molecule has 2 aliphatic rings. The van der Waals surface area contributed by atoms with Crippen LogP contribution in [0.5, 0.6) is 5.75 Å². The molecule has 232 valence electrons. The minimum Gasteiger partial charge on any atom is -0.487 e. The lowest BCUT2D eigenvalue weighted by atomic mass is 10.1. The molecule has 0 aliphatic carbocycles. The minimum absolute atomic E-state index is 0.0289. The summed E-state index contributed by atoms with van der Waals surface area (Å²) in [7, 11) is 0. The predicted molar refractivity (Wildman–Crippen MR) is 128 cm³/mol. The number of fused-ring (bicyclic) bond motifs is 1. The first-order valence-corrected chi connectivity index (χ1v) is 12.3. The number of aromatic nitrogens is 2. The molecule has 4 rings (SSSR count). The zero-order chi connectivity index (χ0) is 31.2. The van der Waals surface area contributed by atoms with Crippen LogP contribution in [0.4, 0.5) is 51.1 Å². The number of ether oxygens (including phenoxy) is 1. The van der Waals surface area contributed by atoms with Crippen molar-refractivity contribution in [3.63, 3.8) is 0 Å². The zero-order valence-electron chi connectivity index (χ0n) is 21.5. The van der Waals surface area contributed by atoms with Crippen LogP contribution >= 0.6 is 0 Å². The number of anilines is 2. The molecular formula is C24H24F9N5O4. The zero-order valence-corrected chi connectivity index (χ0v) is 21.5. The highest BCUT2D eigenvalue weighted by molar-refractivity contribution is 5.79. The Bertz CT molecular complexity index is 1260. The fourth-order valence-electron chi connectivity index (χ4n) is 4.10. The number of rotatable bonds is 7. The van der Waals surface area contributed by atoms with Gasteiger partial charge in [0.2, 0.25) is 0 Å². The molecule has 1 amide bonds. The second-order valence-corrected chi connectivity index (χ2v) is 9.05. The average Bonchev–Trinajstić information content (AvgIpc) is 2.92. The van der Waals surface area contributed by atoms with Crippen molar-refractivity contribution in [3.05, 3.63) is 41.2 Å². The Morgan fingerprint density at radius 3 is 2.24 bits per heavy atom. The molecule has 42 heavy (non-hydrogen) atoms. The number of hydrogen-bond acceptors (Lipinski definition) is 7. The first-order chi connectivity index (χ1) is 19.6. The number of amides is 1. The second kappa shape index (κ2) is 13.8. The maximum Gasteiger partial charge on any atom is 0.490 e. The number of piperidine rings is 1. The van der Waals surface area contributed by atoms with Crippen LogP contribution in [0.25, 0.3) is 0 Å². The summed E-state index contributed by atoms with van der Waals surface area (Å²) in [6.45, 7) is -0.0495. The summed E-state index contributed by atoms with van der Waals surface area (Å²) in [5.41, 5.74) is 0.781. The first-order valence-electron chi connectivity index (χ1n) is 12.3. The van der Waals surface area contributed by atoms with Gasteiger partial charge in [0.1, 0.15) is 11.9 Å². The average molecular weight is 617 g/mol. The van der Waals surface area contributed by atoms with Crippen molar-refractivity contribution in [1.82, 2.24) is 14.9 Å². The number of alkyl halides is 7. The normalized spacial score (nSPS) is 15.7. The topological polar surface area (TPSA) is 108 Å². The van der Waals surface area contributed by atoms with E-state index < -0.39 is 49.1 Å². The van der Waals surface area contributed by atoms with E-state index in [1.807, 2.05) is 0 Å². The molecule has 2 N–H and O–H groups in total. The molecule has 0 saturated carbocycles. The van der Waals surface area contributed by atoms with Crippen molar-refractivity contribution >= 4 is 23.5 Å². The summed E-state index contributed by atoms with van der Waals surface area (Å²) >= 11 is 0. The Labute approximate surface area is 232 Å². The predicted octanol–water partition coefficient (Wildman–Crippen LogP) is 4.26. The van der Waals surface area contributed by atoms with Crippen molar-refractivity contribution in [2.45, 2.75) is 50.9 Å². The lowest BCUT2D eigenvalue weighted by Gasteiger charge is -2.35. The fourth-order valence-corrected chi connectivity index (χ4v) is 4.10. The molecule has 2 aliphatic heterocycles. The van der Waals surface area contributed by atoms with Gasteiger partial charge in [-0.1, -0.05) is 0 Å². The van der Waals surface area contributed by atoms with Crippen molar-refractivity contribution in [2.24, 2.45) is 0 Å². The number of carboxylic acid groups (broad SMARTS) is 1. The lowest BCUT2D eigenvalue weighted by Crippen LogP contribution is -2.42. The van der Waals surface area contributed by atoms with Crippen molar-refractivity contribution < 1.29 is 58.9 Å². The molecule has 2 aromatic rings. The highest BCUT2D eigenvalue weighted by Crippen LogP contribution is 2.30. The highest BCUT2D eigenvalue weighted by atomic mass is 19.4. The van der Waals surface area contributed by atoms with Crippen LogP contribution in [0.3, 0.4) is 0 Å². The summed E-state index contributed by atoms with van der Waals surface area (Å²) in [4.78, 5) is 32.3. The summed E-state index contributed by atoms with van der Waals surface area (Å²) in [5.74, 6) is -5.25. The maximum absolute atomic E-state index is 13.9. The monoisotopic (exact) mass is 617 g/mol. The van der Waals surface area contributed by atoms with Gasteiger partial charge < -0.3 is 25.0 Å². The van der Waals surface area contributed by atoms with Crippen LogP contribution in [-0.4, -0.2) is 83.2 Å². The molecule has 9 nitrogen and oxygen atoms in total. The van der Waals surface area contributed by atoms with Gasteiger partial charge in [0.05, 0.1) is 24.5 Å². The molecule has 3 heterocycles. The van der Waals surface area contributed by atoms with E-state index in [2.05, 4.69) is 15.3 Å². The number of benzene rings is 1. The van der Waals surface area contributed by atoms with Crippen molar-refractivity contribution in [3.8, 4) is 5.75 Å². The molecule has 1 aromatic carbocycles. The van der Waals surface area contributed by atoms with Gasteiger partial charge in [-0.2, -0.15) is 22.0 Å². The number of nitrogens with zero attached hydrogens (tertiary/aromatic N) is 4. The maximum atomic E-state index is 13.9. The smallest absolute Gasteiger partial charge is 0.487 e. The Hall–Kier alpha value is -3.99. The van der Waals surface area contributed by atoms with Gasteiger partial charge in [-0.05, 0) is 12.1 Å². The third-order valence-electron chi connectivity index (χ3n) is 6.09. The molecule has 0 unspecified atom stereocenters. The lowest BCUT2D eigenvalue weighted by molar-refractivity contribution is -0.192. The van der Waals surface area contributed by atoms with Crippen LogP contribution in [0, 0.1) is 11.6 Å². The number of hydrogen-bond donors (Lipinski definition) is 2. The van der Waals surface area contributed by atoms with E-state index >= 15 is 0 Å². The number of carbonyl (C=O) groups excluding carboxylic acids is 1. The summed E-state index contributed by atoms with van der Waals surface area (Å²) in [5, 5.41) is 9.72. The number of carboxylic acids is 1. The largest absolute Gasteiger partial charge is 0.490 e. The van der Waals surface area contributed by atoms with Crippen LogP contribution in [0.2, 0.25) is 0 Å². The highest BCUT2D eigenvalue weighted by Gasteiger charge is 2.38. The minimum atomic E-state index is -5.08. The van der Waals surface area contributed by atoms with Gasteiger partial charge in [-0.25, -0.2) is 32.3 Å². The van der Waals surface area contributed by atoms with Crippen LogP contribution in [-0.2, 0) is 22.6 Å². The van der Waals surface area contributed by atoms with Crippen LogP contribution < -0.4 is 15.0 Å². The summed E-state index contributed by atoms with van der Waals surface area (Å²) in [6.07, 6.45) is -10.2. The van der Waals surface area contributed by atoms with Crippen LogP contribution in [0.15, 0.2) is 18.2 Å². The fraction of sp³-hybridized carbons (Fsp3) is 0.500. The van der Waals surface area contributed by atoms with E-state index in [0.717, 1.165) is 17.0 Å². The number of halogens is 9. The molecule has 0 bridgehead atoms. The van der Waals surface area contributed by atoms with Crippen molar-refractivity contribution in [2.75, 3.05) is 36.4 Å². The molecule has 18 heteroatoms. The Morgan fingerprint density at radius 2 is 1.69 bits per heavy atom. The van der Waals surface area contributed by atoms with Gasteiger partial charge in [-0.15, -0.1) is 0 Å². The van der Waals surface area contributed by atoms with E-state index in [9.17, 15) is 44.3 Å². The van der Waals surface area contributed by atoms with E-state index in [0.29, 0.717) is 37.3 Å². The van der Waals surface area contributed by atoms with Crippen LogP contribution in [0.1, 0.15) is 24.2 Å². The van der Waals surface area contributed by atoms with Crippen molar-refractivity contribution in [1.29, 1.82) is 0 Å². The molecule has 1 fully saturated rings. The van der Waals surface area contributed by atoms with Gasteiger partial charge in [0, 0.05) is 45.0 Å². The van der Waals surface area contributed by atoms with E-state index in [1.54, 1.807) is 4.90 Å². The molecule has 1 saturated heterocycles. The molecule has 0 radical (unpaired) electrons. The van der Waals surface area contributed by atoms with E-state index in [-0.39, 0.29) is 43.0 Å². The van der Waals surface area contributed by atoms with Gasteiger partial charge in [-0.3, -0.25) is 4.79 Å². The Morgan fingerprint density at radius 1 is 1.05 bits per heavy atom. The van der Waals surface area contributed by atoms with Gasteiger partial charge >= 0.3 is 18.6 Å². The number of aliphatic carboxylic acids is 1.